The van der Waals surface area contributed by atoms with Crippen molar-refractivity contribution < 1.29 is 9.32 Å². The van der Waals surface area contributed by atoms with Gasteiger partial charge in [0, 0.05) is 30.6 Å². The van der Waals surface area contributed by atoms with Crippen LogP contribution in [0.25, 0.3) is 0 Å². The van der Waals surface area contributed by atoms with Gasteiger partial charge in [-0.3, -0.25) is 4.79 Å². The SMILES string of the molecule is Cc1noc(C)c1CC(=O)N1C[C@@H](N)[C@H](c2ccccc2)C1.Cl. The molecule has 23 heavy (non-hydrogen) atoms. The van der Waals surface area contributed by atoms with Crippen LogP contribution in [-0.4, -0.2) is 35.1 Å². The first-order valence-electron chi connectivity index (χ1n) is 7.56. The van der Waals surface area contributed by atoms with Gasteiger partial charge in [-0.15, -0.1) is 12.4 Å². The minimum Gasteiger partial charge on any atom is -0.361 e. The Labute approximate surface area is 142 Å². The number of benzene rings is 1. The van der Waals surface area contributed by atoms with Crippen molar-refractivity contribution in [1.82, 2.24) is 10.1 Å². The number of aromatic nitrogens is 1. The Morgan fingerprint density at radius 1 is 1.30 bits per heavy atom. The lowest BCUT2D eigenvalue weighted by molar-refractivity contribution is -0.129. The van der Waals surface area contributed by atoms with E-state index in [1.807, 2.05) is 36.9 Å². The lowest BCUT2D eigenvalue weighted by Crippen LogP contribution is -2.33. The van der Waals surface area contributed by atoms with E-state index in [9.17, 15) is 4.79 Å². The molecule has 1 aliphatic rings. The van der Waals surface area contributed by atoms with Gasteiger partial charge in [0.05, 0.1) is 12.1 Å². The Hall–Kier alpha value is -1.85. The normalized spacial score (nSPS) is 20.4. The average molecular weight is 336 g/mol. The van der Waals surface area contributed by atoms with Crippen LogP contribution in [0.3, 0.4) is 0 Å². The van der Waals surface area contributed by atoms with Crippen LogP contribution in [0.1, 0.15) is 28.5 Å². The monoisotopic (exact) mass is 335 g/mol. The molecular weight excluding hydrogens is 314 g/mol. The van der Waals surface area contributed by atoms with E-state index in [2.05, 4.69) is 17.3 Å². The van der Waals surface area contributed by atoms with Gasteiger partial charge >= 0.3 is 0 Å². The summed E-state index contributed by atoms with van der Waals surface area (Å²) in [6.07, 6.45) is 0.329. The fourth-order valence-corrected chi connectivity index (χ4v) is 3.10. The summed E-state index contributed by atoms with van der Waals surface area (Å²) >= 11 is 0. The second-order valence-corrected chi connectivity index (χ2v) is 5.96. The first-order chi connectivity index (χ1) is 10.6. The van der Waals surface area contributed by atoms with E-state index in [1.54, 1.807) is 0 Å². The van der Waals surface area contributed by atoms with Gasteiger partial charge < -0.3 is 15.2 Å². The predicted molar refractivity (Wildman–Crippen MR) is 90.7 cm³/mol. The van der Waals surface area contributed by atoms with Crippen molar-refractivity contribution in [3.63, 3.8) is 0 Å². The molecule has 124 valence electrons. The summed E-state index contributed by atoms with van der Waals surface area (Å²) in [6, 6.07) is 10.1. The number of hydrogen-bond acceptors (Lipinski definition) is 4. The van der Waals surface area contributed by atoms with Crippen LogP contribution in [0.4, 0.5) is 0 Å². The average Bonchev–Trinajstić information content (AvgIpc) is 3.05. The zero-order valence-electron chi connectivity index (χ0n) is 13.4. The molecule has 1 amide bonds. The summed E-state index contributed by atoms with van der Waals surface area (Å²) in [7, 11) is 0. The van der Waals surface area contributed by atoms with E-state index in [-0.39, 0.29) is 30.3 Å². The Balaban J connectivity index is 0.00000192. The summed E-state index contributed by atoms with van der Waals surface area (Å²) in [6.45, 7) is 4.97. The van der Waals surface area contributed by atoms with Crippen LogP contribution >= 0.6 is 12.4 Å². The molecule has 2 heterocycles. The van der Waals surface area contributed by atoms with E-state index in [0.717, 1.165) is 11.3 Å². The van der Waals surface area contributed by atoms with Gasteiger partial charge in [-0.25, -0.2) is 0 Å². The van der Waals surface area contributed by atoms with Crippen LogP contribution in [0.15, 0.2) is 34.9 Å². The number of aryl methyl sites for hydroxylation is 2. The number of nitrogens with zero attached hydrogens (tertiary/aromatic N) is 2. The molecule has 0 radical (unpaired) electrons. The first-order valence-corrected chi connectivity index (χ1v) is 7.56. The Morgan fingerprint density at radius 2 is 2.00 bits per heavy atom. The van der Waals surface area contributed by atoms with E-state index < -0.39 is 0 Å². The highest BCUT2D eigenvalue weighted by atomic mass is 35.5. The molecule has 2 N–H and O–H groups in total. The molecule has 2 aromatic rings. The van der Waals surface area contributed by atoms with E-state index in [4.69, 9.17) is 10.3 Å². The van der Waals surface area contributed by atoms with Crippen LogP contribution in [0, 0.1) is 13.8 Å². The zero-order valence-corrected chi connectivity index (χ0v) is 14.2. The standard InChI is InChI=1S/C17H21N3O2.ClH/c1-11-14(12(2)22-19-11)8-17(21)20-9-15(16(18)10-20)13-6-4-3-5-7-13;/h3-7,15-16H,8-10,18H2,1-2H3;1H/t15-,16+;/m0./s1. The Morgan fingerprint density at radius 3 is 2.61 bits per heavy atom. The number of halogens is 1. The predicted octanol–water partition coefficient (Wildman–Crippen LogP) is 2.21. The number of rotatable bonds is 3. The molecule has 0 bridgehead atoms. The van der Waals surface area contributed by atoms with E-state index in [0.29, 0.717) is 25.3 Å². The summed E-state index contributed by atoms with van der Waals surface area (Å²) < 4.78 is 5.12. The summed E-state index contributed by atoms with van der Waals surface area (Å²) in [5.41, 5.74) is 9.12. The fourth-order valence-electron chi connectivity index (χ4n) is 3.10. The van der Waals surface area contributed by atoms with Gasteiger partial charge in [0.25, 0.3) is 0 Å². The van der Waals surface area contributed by atoms with Crippen LogP contribution < -0.4 is 5.73 Å². The van der Waals surface area contributed by atoms with Gasteiger partial charge in [0.15, 0.2) is 0 Å². The highest BCUT2D eigenvalue weighted by molar-refractivity contribution is 5.85. The molecule has 0 aliphatic carbocycles. The summed E-state index contributed by atoms with van der Waals surface area (Å²) in [4.78, 5) is 14.4. The molecular formula is C17H22ClN3O2. The Kier molecular flexibility index (Phi) is 5.44. The molecule has 0 unspecified atom stereocenters. The molecule has 0 saturated carbocycles. The van der Waals surface area contributed by atoms with Crippen molar-refractivity contribution in [2.24, 2.45) is 5.73 Å². The van der Waals surface area contributed by atoms with Crippen molar-refractivity contribution in [2.75, 3.05) is 13.1 Å². The smallest absolute Gasteiger partial charge is 0.227 e. The maximum Gasteiger partial charge on any atom is 0.227 e. The largest absolute Gasteiger partial charge is 0.361 e. The van der Waals surface area contributed by atoms with Gasteiger partial charge in [0.1, 0.15) is 5.76 Å². The molecule has 1 fully saturated rings. The maximum atomic E-state index is 12.5. The topological polar surface area (TPSA) is 72.4 Å². The number of hydrogen-bond donors (Lipinski definition) is 1. The minimum atomic E-state index is -0.0176. The molecule has 1 saturated heterocycles. The van der Waals surface area contributed by atoms with E-state index in [1.165, 1.54) is 5.56 Å². The number of carbonyl (C=O) groups excluding carboxylic acids is 1. The minimum absolute atomic E-state index is 0. The molecule has 1 aromatic heterocycles. The number of likely N-dealkylation sites (tertiary alicyclic amines) is 1. The van der Waals surface area contributed by atoms with Crippen molar-refractivity contribution in [3.05, 3.63) is 52.9 Å². The molecule has 2 atom stereocenters. The Bertz CT molecular complexity index is 652. The van der Waals surface area contributed by atoms with Gasteiger partial charge in [-0.05, 0) is 19.4 Å². The van der Waals surface area contributed by atoms with Crippen LogP contribution in [-0.2, 0) is 11.2 Å². The van der Waals surface area contributed by atoms with Gasteiger partial charge in [0.2, 0.25) is 5.91 Å². The van der Waals surface area contributed by atoms with Crippen molar-refractivity contribution in [3.8, 4) is 0 Å². The molecule has 0 spiro atoms. The van der Waals surface area contributed by atoms with Gasteiger partial charge in [-0.1, -0.05) is 35.5 Å². The lowest BCUT2D eigenvalue weighted by Gasteiger charge is -2.16. The molecule has 3 rings (SSSR count). The quantitative estimate of drug-likeness (QED) is 0.933. The maximum absolute atomic E-state index is 12.5. The molecule has 1 aromatic carbocycles. The summed E-state index contributed by atoms with van der Waals surface area (Å²) in [5, 5.41) is 3.90. The summed E-state index contributed by atoms with van der Waals surface area (Å²) in [5.74, 6) is 1.01. The fraction of sp³-hybridized carbons (Fsp3) is 0.412. The second kappa shape index (κ2) is 7.15. The van der Waals surface area contributed by atoms with Crippen molar-refractivity contribution in [2.45, 2.75) is 32.2 Å². The third kappa shape index (κ3) is 3.57. The van der Waals surface area contributed by atoms with Crippen LogP contribution in [0.5, 0.6) is 0 Å². The highest BCUT2D eigenvalue weighted by Gasteiger charge is 2.34. The van der Waals surface area contributed by atoms with E-state index >= 15 is 0 Å². The number of carbonyl (C=O) groups is 1. The van der Waals surface area contributed by atoms with Crippen LogP contribution in [0.2, 0.25) is 0 Å². The second-order valence-electron chi connectivity index (χ2n) is 5.96. The zero-order chi connectivity index (χ0) is 15.7. The lowest BCUT2D eigenvalue weighted by atomic mass is 9.95. The molecule has 6 heteroatoms. The van der Waals surface area contributed by atoms with Crippen molar-refractivity contribution >= 4 is 18.3 Å². The third-order valence-corrected chi connectivity index (χ3v) is 4.45. The highest BCUT2D eigenvalue weighted by Crippen LogP contribution is 2.27. The number of nitrogens with two attached hydrogens (primary N) is 1. The third-order valence-electron chi connectivity index (χ3n) is 4.45. The first kappa shape index (κ1) is 17.5. The van der Waals surface area contributed by atoms with Crippen molar-refractivity contribution in [1.29, 1.82) is 0 Å². The van der Waals surface area contributed by atoms with Gasteiger partial charge in [-0.2, -0.15) is 0 Å². The number of amides is 1. The molecule has 5 nitrogen and oxygen atoms in total. The molecule has 1 aliphatic heterocycles.